The number of nitrogens with one attached hydrogen (secondary N) is 1. The van der Waals surface area contributed by atoms with Crippen LogP contribution in [0.4, 0.5) is 14.5 Å². The van der Waals surface area contributed by atoms with Crippen LogP contribution in [0.5, 0.6) is 0 Å². The van der Waals surface area contributed by atoms with E-state index in [0.29, 0.717) is 0 Å². The van der Waals surface area contributed by atoms with Gasteiger partial charge in [-0.15, -0.1) is 0 Å². The van der Waals surface area contributed by atoms with Crippen LogP contribution < -0.4 is 5.43 Å². The maximum Gasteiger partial charge on any atom is 0.167 e. The molecule has 0 aliphatic carbocycles. The van der Waals surface area contributed by atoms with Crippen molar-refractivity contribution in [3.8, 4) is 0 Å². The van der Waals surface area contributed by atoms with E-state index >= 15 is 0 Å². The summed E-state index contributed by atoms with van der Waals surface area (Å²) >= 11 is 0. The largest absolute Gasteiger partial charge is 0.279 e. The zero-order valence-corrected chi connectivity index (χ0v) is 8.90. The number of hydrogen-bond acceptors (Lipinski definition) is 2. The van der Waals surface area contributed by atoms with Gasteiger partial charge in [0.25, 0.3) is 0 Å². The molecule has 0 radical (unpaired) electrons. The number of rotatable bonds is 3. The van der Waals surface area contributed by atoms with Crippen molar-refractivity contribution in [3.63, 3.8) is 0 Å². The van der Waals surface area contributed by atoms with Crippen LogP contribution in [0.1, 0.15) is 5.56 Å². The fourth-order valence-corrected chi connectivity index (χ4v) is 1.31. The van der Waals surface area contributed by atoms with Crippen LogP contribution in [0.15, 0.2) is 53.6 Å². The van der Waals surface area contributed by atoms with Crippen LogP contribution >= 0.6 is 0 Å². The van der Waals surface area contributed by atoms with Gasteiger partial charge in [0.15, 0.2) is 11.6 Å². The van der Waals surface area contributed by atoms with E-state index in [1.807, 2.05) is 30.3 Å². The second-order valence-corrected chi connectivity index (χ2v) is 3.38. The number of nitrogens with zero attached hydrogens (tertiary/aromatic N) is 1. The third-order valence-electron chi connectivity index (χ3n) is 2.15. The normalized spacial score (nSPS) is 10.7. The molecule has 0 saturated heterocycles. The lowest BCUT2D eigenvalue weighted by molar-refractivity contribution is 0.507. The number of halogens is 2. The van der Waals surface area contributed by atoms with Crippen molar-refractivity contribution in [3.05, 3.63) is 65.7 Å². The Morgan fingerprint density at radius 2 is 1.71 bits per heavy atom. The van der Waals surface area contributed by atoms with E-state index in [0.717, 1.165) is 11.8 Å². The molecule has 17 heavy (non-hydrogen) atoms. The van der Waals surface area contributed by atoms with Gasteiger partial charge in [-0.25, -0.2) is 8.78 Å². The molecule has 0 unspecified atom stereocenters. The predicted octanol–water partition coefficient (Wildman–Crippen LogP) is 3.41. The summed E-state index contributed by atoms with van der Waals surface area (Å²) in [6.45, 7) is 0. The van der Waals surface area contributed by atoms with Crippen molar-refractivity contribution < 1.29 is 8.78 Å². The molecule has 0 aromatic heterocycles. The molecule has 4 heteroatoms. The first-order valence-electron chi connectivity index (χ1n) is 5.05. The Kier molecular flexibility index (Phi) is 3.45. The fourth-order valence-electron chi connectivity index (χ4n) is 1.31. The molecule has 0 bridgehead atoms. The number of hydrazone groups is 1. The van der Waals surface area contributed by atoms with E-state index in [-0.39, 0.29) is 5.56 Å². The molecule has 0 aliphatic rings. The van der Waals surface area contributed by atoms with E-state index < -0.39 is 11.6 Å². The average molecular weight is 232 g/mol. The number of para-hydroxylation sites is 1. The lowest BCUT2D eigenvalue weighted by Gasteiger charge is -1.99. The second kappa shape index (κ2) is 5.21. The Morgan fingerprint density at radius 1 is 0.941 bits per heavy atom. The average Bonchev–Trinajstić information content (AvgIpc) is 2.36. The lowest BCUT2D eigenvalue weighted by atomic mass is 10.2. The summed E-state index contributed by atoms with van der Waals surface area (Å²) in [6.07, 6.45) is 1.24. The van der Waals surface area contributed by atoms with E-state index in [4.69, 9.17) is 0 Å². The van der Waals surface area contributed by atoms with Crippen LogP contribution in [-0.4, -0.2) is 6.21 Å². The SMILES string of the molecule is Fc1cccc(C=NNc2ccccc2)c1F. The summed E-state index contributed by atoms with van der Waals surface area (Å²) in [6, 6.07) is 13.2. The molecule has 0 aliphatic heterocycles. The Labute approximate surface area is 97.6 Å². The zero-order chi connectivity index (χ0) is 12.1. The van der Waals surface area contributed by atoms with Crippen molar-refractivity contribution in [1.82, 2.24) is 0 Å². The first kappa shape index (κ1) is 11.3. The van der Waals surface area contributed by atoms with Crippen LogP contribution in [0.2, 0.25) is 0 Å². The van der Waals surface area contributed by atoms with Crippen molar-refractivity contribution in [1.29, 1.82) is 0 Å². The van der Waals surface area contributed by atoms with Gasteiger partial charge in [-0.05, 0) is 18.2 Å². The molecule has 0 saturated carbocycles. The summed E-state index contributed by atoms with van der Waals surface area (Å²) in [5, 5.41) is 3.83. The quantitative estimate of drug-likeness (QED) is 0.636. The molecule has 2 rings (SSSR count). The van der Waals surface area contributed by atoms with Gasteiger partial charge in [0, 0.05) is 5.56 Å². The standard InChI is InChI=1S/C13H10F2N2/c14-12-8-4-5-10(13(12)15)9-16-17-11-6-2-1-3-7-11/h1-9,17H. The highest BCUT2D eigenvalue weighted by Gasteiger charge is 2.04. The number of anilines is 1. The molecule has 86 valence electrons. The minimum absolute atomic E-state index is 0.105. The van der Waals surface area contributed by atoms with Crippen LogP contribution in [-0.2, 0) is 0 Å². The Morgan fingerprint density at radius 3 is 2.47 bits per heavy atom. The minimum Gasteiger partial charge on any atom is -0.279 e. The third-order valence-corrected chi connectivity index (χ3v) is 2.15. The third kappa shape index (κ3) is 2.87. The minimum atomic E-state index is -0.897. The molecule has 0 spiro atoms. The highest BCUT2D eigenvalue weighted by atomic mass is 19.2. The molecular formula is C13H10F2N2. The van der Waals surface area contributed by atoms with Gasteiger partial charge in [-0.2, -0.15) is 5.10 Å². The van der Waals surface area contributed by atoms with Gasteiger partial charge >= 0.3 is 0 Å². The monoisotopic (exact) mass is 232 g/mol. The van der Waals surface area contributed by atoms with Gasteiger partial charge in [0.05, 0.1) is 11.9 Å². The van der Waals surface area contributed by atoms with Crippen molar-refractivity contribution in [2.24, 2.45) is 5.10 Å². The highest BCUT2D eigenvalue weighted by molar-refractivity contribution is 5.80. The van der Waals surface area contributed by atoms with Crippen molar-refractivity contribution in [2.75, 3.05) is 5.43 Å². The summed E-state index contributed by atoms with van der Waals surface area (Å²) in [5.41, 5.74) is 3.60. The molecular weight excluding hydrogens is 222 g/mol. The summed E-state index contributed by atoms with van der Waals surface area (Å²) < 4.78 is 26.1. The maximum atomic E-state index is 13.2. The summed E-state index contributed by atoms with van der Waals surface area (Å²) in [7, 11) is 0. The topological polar surface area (TPSA) is 24.4 Å². The molecule has 0 heterocycles. The molecule has 2 aromatic rings. The fraction of sp³-hybridized carbons (Fsp3) is 0. The van der Waals surface area contributed by atoms with Gasteiger partial charge in [-0.1, -0.05) is 30.3 Å². The Balaban J connectivity index is 2.09. The van der Waals surface area contributed by atoms with Crippen LogP contribution in [0.25, 0.3) is 0 Å². The van der Waals surface area contributed by atoms with Crippen molar-refractivity contribution >= 4 is 11.9 Å². The van der Waals surface area contributed by atoms with Gasteiger partial charge < -0.3 is 0 Å². The Bertz CT molecular complexity index is 524. The van der Waals surface area contributed by atoms with Gasteiger partial charge in [-0.3, -0.25) is 5.43 Å². The molecule has 0 fully saturated rings. The lowest BCUT2D eigenvalue weighted by Crippen LogP contribution is -1.95. The van der Waals surface area contributed by atoms with Gasteiger partial charge in [0.2, 0.25) is 0 Å². The molecule has 1 N–H and O–H groups in total. The van der Waals surface area contributed by atoms with E-state index in [1.165, 1.54) is 18.3 Å². The Hall–Kier alpha value is -2.23. The van der Waals surface area contributed by atoms with Crippen molar-refractivity contribution in [2.45, 2.75) is 0 Å². The van der Waals surface area contributed by atoms with Gasteiger partial charge in [0.1, 0.15) is 0 Å². The van der Waals surface area contributed by atoms with E-state index in [2.05, 4.69) is 10.5 Å². The number of benzene rings is 2. The maximum absolute atomic E-state index is 13.2. The van der Waals surface area contributed by atoms with Crippen LogP contribution in [0, 0.1) is 11.6 Å². The molecule has 2 nitrogen and oxygen atoms in total. The molecule has 2 aromatic carbocycles. The predicted molar refractivity (Wildman–Crippen MR) is 64.0 cm³/mol. The zero-order valence-electron chi connectivity index (χ0n) is 8.90. The smallest absolute Gasteiger partial charge is 0.167 e. The second-order valence-electron chi connectivity index (χ2n) is 3.38. The summed E-state index contributed by atoms with van der Waals surface area (Å²) in [5.74, 6) is -1.78. The van der Waals surface area contributed by atoms with E-state index in [1.54, 1.807) is 0 Å². The molecule has 0 atom stereocenters. The van der Waals surface area contributed by atoms with Crippen LogP contribution in [0.3, 0.4) is 0 Å². The summed E-state index contributed by atoms with van der Waals surface area (Å²) in [4.78, 5) is 0. The first-order valence-corrected chi connectivity index (χ1v) is 5.05. The number of hydrogen-bond donors (Lipinski definition) is 1. The van der Waals surface area contributed by atoms with E-state index in [9.17, 15) is 8.78 Å². The first-order chi connectivity index (χ1) is 8.27. The highest BCUT2D eigenvalue weighted by Crippen LogP contribution is 2.09. The molecule has 0 amide bonds.